The lowest BCUT2D eigenvalue weighted by Gasteiger charge is -2.36. The van der Waals surface area contributed by atoms with Crippen LogP contribution in [0.15, 0.2) is 29.4 Å². The summed E-state index contributed by atoms with van der Waals surface area (Å²) in [6.45, 7) is 5.43. The predicted octanol–water partition coefficient (Wildman–Crippen LogP) is 0.821. The molecule has 1 aromatic rings. The van der Waals surface area contributed by atoms with Crippen molar-refractivity contribution in [3.63, 3.8) is 0 Å². The molecule has 0 bridgehead atoms. The Kier molecular flexibility index (Phi) is 3.37. The fourth-order valence-corrected chi connectivity index (χ4v) is 2.08. The van der Waals surface area contributed by atoms with Crippen LogP contribution < -0.4 is 10.6 Å². The van der Waals surface area contributed by atoms with Gasteiger partial charge in [0, 0.05) is 31.9 Å². The third kappa shape index (κ3) is 2.61. The molecule has 0 saturated carbocycles. The minimum atomic E-state index is 0.203. The first-order valence-corrected chi connectivity index (χ1v) is 5.75. The molecule has 1 aliphatic heterocycles. The number of hydrogen-bond acceptors (Lipinski definition) is 3. The fourth-order valence-electron chi connectivity index (χ4n) is 2.08. The van der Waals surface area contributed by atoms with Crippen LogP contribution in [0.4, 0.5) is 5.69 Å². The second-order valence-corrected chi connectivity index (χ2v) is 4.27. The Morgan fingerprint density at radius 2 is 2.00 bits per heavy atom. The maximum absolute atomic E-state index is 8.61. The Morgan fingerprint density at radius 1 is 1.29 bits per heavy atom. The van der Waals surface area contributed by atoms with Crippen molar-refractivity contribution < 1.29 is 5.21 Å². The van der Waals surface area contributed by atoms with Crippen LogP contribution >= 0.6 is 0 Å². The lowest BCUT2D eigenvalue weighted by Crippen LogP contribution is -2.51. The zero-order valence-corrected chi connectivity index (χ0v) is 10.0. The average molecular weight is 234 g/mol. The first-order chi connectivity index (χ1) is 8.20. The lowest BCUT2D eigenvalue weighted by atomic mass is 10.2. The quantitative estimate of drug-likeness (QED) is 0.327. The molecule has 0 amide bonds. The molecule has 1 heterocycles. The molecule has 1 saturated heterocycles. The van der Waals surface area contributed by atoms with E-state index in [1.54, 1.807) is 0 Å². The van der Waals surface area contributed by atoms with E-state index < -0.39 is 0 Å². The van der Waals surface area contributed by atoms with Crippen molar-refractivity contribution >= 4 is 11.6 Å². The van der Waals surface area contributed by atoms with Crippen molar-refractivity contribution in [1.29, 1.82) is 0 Å². The number of aryl methyl sites for hydroxylation is 1. The minimum Gasteiger partial charge on any atom is -0.408 e. The molecule has 17 heavy (non-hydrogen) atoms. The number of nitrogens with two attached hydrogens (primary N) is 1. The topological polar surface area (TPSA) is 65.1 Å². The van der Waals surface area contributed by atoms with Gasteiger partial charge in [-0.05, 0) is 24.6 Å². The molecule has 92 valence electrons. The number of guanidine groups is 1. The Labute approximate surface area is 101 Å². The molecule has 0 aliphatic carbocycles. The second-order valence-electron chi connectivity index (χ2n) is 4.27. The van der Waals surface area contributed by atoms with Crippen molar-refractivity contribution in [1.82, 2.24) is 4.90 Å². The van der Waals surface area contributed by atoms with Gasteiger partial charge < -0.3 is 20.7 Å². The van der Waals surface area contributed by atoms with Gasteiger partial charge in [0.05, 0.1) is 0 Å². The highest BCUT2D eigenvalue weighted by Gasteiger charge is 2.18. The van der Waals surface area contributed by atoms with Gasteiger partial charge in [-0.2, -0.15) is 0 Å². The summed E-state index contributed by atoms with van der Waals surface area (Å²) < 4.78 is 0. The number of anilines is 1. The van der Waals surface area contributed by atoms with E-state index in [0.717, 1.165) is 26.2 Å². The van der Waals surface area contributed by atoms with E-state index in [1.807, 2.05) is 4.90 Å². The molecule has 3 N–H and O–H groups in total. The lowest BCUT2D eigenvalue weighted by molar-refractivity contribution is 0.293. The van der Waals surface area contributed by atoms with Crippen LogP contribution in [0.5, 0.6) is 0 Å². The Balaban J connectivity index is 2.00. The van der Waals surface area contributed by atoms with Crippen LogP contribution in [0, 0.1) is 6.92 Å². The van der Waals surface area contributed by atoms with Crippen molar-refractivity contribution in [2.24, 2.45) is 10.9 Å². The molecule has 5 heteroatoms. The van der Waals surface area contributed by atoms with Gasteiger partial charge in [-0.3, -0.25) is 0 Å². The number of oxime groups is 1. The highest BCUT2D eigenvalue weighted by Crippen LogP contribution is 2.17. The third-order valence-corrected chi connectivity index (χ3v) is 3.07. The van der Waals surface area contributed by atoms with Crippen LogP contribution in [0.25, 0.3) is 0 Å². The molecule has 1 aromatic carbocycles. The summed E-state index contributed by atoms with van der Waals surface area (Å²) in [4.78, 5) is 4.19. The summed E-state index contributed by atoms with van der Waals surface area (Å²) in [5, 5.41) is 11.6. The van der Waals surface area contributed by atoms with Crippen LogP contribution in [-0.4, -0.2) is 42.2 Å². The normalized spacial score (nSPS) is 17.4. The van der Waals surface area contributed by atoms with Gasteiger partial charge in [-0.15, -0.1) is 0 Å². The zero-order valence-electron chi connectivity index (χ0n) is 10.0. The monoisotopic (exact) mass is 234 g/mol. The number of nitrogens with zero attached hydrogens (tertiary/aromatic N) is 3. The Morgan fingerprint density at radius 3 is 2.59 bits per heavy atom. The first-order valence-electron chi connectivity index (χ1n) is 5.75. The molecule has 1 aliphatic rings. The molecular weight excluding hydrogens is 216 g/mol. The maximum Gasteiger partial charge on any atom is 0.233 e. The van der Waals surface area contributed by atoms with Gasteiger partial charge in [-0.25, -0.2) is 0 Å². The highest BCUT2D eigenvalue weighted by molar-refractivity contribution is 5.77. The SMILES string of the molecule is Cc1cccc(N2CCN(C(N)=NO)CC2)c1. The summed E-state index contributed by atoms with van der Waals surface area (Å²) >= 11 is 0. The summed E-state index contributed by atoms with van der Waals surface area (Å²) in [5.41, 5.74) is 8.07. The van der Waals surface area contributed by atoms with Crippen LogP contribution in [0.1, 0.15) is 5.56 Å². The molecule has 0 aromatic heterocycles. The van der Waals surface area contributed by atoms with Gasteiger partial charge in [-0.1, -0.05) is 17.3 Å². The molecule has 0 radical (unpaired) electrons. The summed E-state index contributed by atoms with van der Waals surface area (Å²) in [5.74, 6) is 0.203. The molecule has 0 spiro atoms. The van der Waals surface area contributed by atoms with Crippen molar-refractivity contribution in [2.75, 3.05) is 31.1 Å². The van der Waals surface area contributed by atoms with E-state index in [4.69, 9.17) is 10.9 Å². The maximum atomic E-state index is 8.61. The Hall–Kier alpha value is -1.91. The van der Waals surface area contributed by atoms with E-state index in [1.165, 1.54) is 11.3 Å². The second kappa shape index (κ2) is 4.95. The summed E-state index contributed by atoms with van der Waals surface area (Å²) in [6.07, 6.45) is 0. The average Bonchev–Trinajstić information content (AvgIpc) is 2.38. The molecule has 0 atom stereocenters. The van der Waals surface area contributed by atoms with Crippen molar-refractivity contribution in [2.45, 2.75) is 6.92 Å². The fraction of sp³-hybridized carbons (Fsp3) is 0.417. The standard InChI is InChI=1S/C12H18N4O/c1-10-3-2-4-11(9-10)15-5-7-16(8-6-15)12(13)14-17/h2-4,9,17H,5-8H2,1H3,(H2,13,14). The van der Waals surface area contributed by atoms with E-state index in [0.29, 0.717) is 0 Å². The minimum absolute atomic E-state index is 0.203. The number of hydrogen-bond donors (Lipinski definition) is 2. The first kappa shape index (κ1) is 11.6. The van der Waals surface area contributed by atoms with E-state index in [9.17, 15) is 0 Å². The van der Waals surface area contributed by atoms with Crippen molar-refractivity contribution in [3.8, 4) is 0 Å². The number of piperazine rings is 1. The van der Waals surface area contributed by atoms with Crippen LogP contribution in [0.3, 0.4) is 0 Å². The smallest absolute Gasteiger partial charge is 0.233 e. The van der Waals surface area contributed by atoms with Gasteiger partial charge in [0.15, 0.2) is 0 Å². The van der Waals surface area contributed by atoms with Gasteiger partial charge >= 0.3 is 0 Å². The Bertz CT molecular complexity index is 411. The van der Waals surface area contributed by atoms with Crippen molar-refractivity contribution in [3.05, 3.63) is 29.8 Å². The zero-order chi connectivity index (χ0) is 12.3. The van der Waals surface area contributed by atoms with Gasteiger partial charge in [0.25, 0.3) is 0 Å². The van der Waals surface area contributed by atoms with E-state index in [2.05, 4.69) is 41.2 Å². The van der Waals surface area contributed by atoms with Crippen LogP contribution in [-0.2, 0) is 0 Å². The molecular formula is C12H18N4O. The largest absolute Gasteiger partial charge is 0.408 e. The van der Waals surface area contributed by atoms with Gasteiger partial charge in [0.2, 0.25) is 5.96 Å². The van der Waals surface area contributed by atoms with E-state index >= 15 is 0 Å². The third-order valence-electron chi connectivity index (χ3n) is 3.07. The van der Waals surface area contributed by atoms with Gasteiger partial charge in [0.1, 0.15) is 0 Å². The molecule has 1 fully saturated rings. The predicted molar refractivity (Wildman–Crippen MR) is 68.4 cm³/mol. The molecule has 5 nitrogen and oxygen atoms in total. The number of benzene rings is 1. The highest BCUT2D eigenvalue weighted by atomic mass is 16.4. The molecule has 2 rings (SSSR count). The molecule has 0 unspecified atom stereocenters. The summed E-state index contributed by atoms with van der Waals surface area (Å²) in [7, 11) is 0. The van der Waals surface area contributed by atoms with E-state index in [-0.39, 0.29) is 5.96 Å². The number of rotatable bonds is 1. The summed E-state index contributed by atoms with van der Waals surface area (Å²) in [6, 6.07) is 8.46. The van der Waals surface area contributed by atoms with Crippen LogP contribution in [0.2, 0.25) is 0 Å².